The number of carbonyl (C=O) groups excluding carboxylic acids is 6. The molecule has 0 bridgehead atoms. The molecule has 19 heteroatoms. The Balaban J connectivity index is 1.48. The summed E-state index contributed by atoms with van der Waals surface area (Å²) in [5.41, 5.74) is 2.96. The van der Waals surface area contributed by atoms with E-state index < -0.39 is 33.7 Å². The van der Waals surface area contributed by atoms with E-state index in [1.807, 2.05) is 52.0 Å². The SMILES string of the molecule is CC(=O)N1CCN(C(=O)/C=C/c2ccc(Sc3ccc(/C=C/C(=O)N4CCN(C(C)=O)C(C(=O)N(C)C)C4)c(-c4ccccc4C(C)C)c3[N+](=O)[O-])c([N+](=O)[O-])c2-c2ccccc2C(C)C)CC1C(=O)N(C)C. The normalized spacial score (nSPS) is 16.1. The molecule has 2 heterocycles. The minimum atomic E-state index is -0.893. The summed E-state index contributed by atoms with van der Waals surface area (Å²) in [6.45, 7) is 11.0. The van der Waals surface area contributed by atoms with Crippen molar-refractivity contribution in [2.45, 2.75) is 75.3 Å². The summed E-state index contributed by atoms with van der Waals surface area (Å²) in [7, 11) is 6.29. The van der Waals surface area contributed by atoms with E-state index in [0.29, 0.717) is 22.3 Å². The molecule has 2 aliphatic rings. The first-order valence-corrected chi connectivity index (χ1v) is 24.7. The van der Waals surface area contributed by atoms with E-state index in [1.54, 1.807) is 64.6 Å². The van der Waals surface area contributed by atoms with Gasteiger partial charge in [0.2, 0.25) is 35.4 Å². The lowest BCUT2D eigenvalue weighted by Gasteiger charge is -2.40. The molecular weight excluding hydrogens is 953 g/mol. The number of nitro groups is 2. The van der Waals surface area contributed by atoms with Gasteiger partial charge in [0.1, 0.15) is 12.1 Å². The predicted octanol–water partition coefficient (Wildman–Crippen LogP) is 7.56. The summed E-state index contributed by atoms with van der Waals surface area (Å²) < 4.78 is 0. The van der Waals surface area contributed by atoms with Crippen molar-refractivity contribution < 1.29 is 38.6 Å². The van der Waals surface area contributed by atoms with Crippen LogP contribution >= 0.6 is 11.8 Å². The molecule has 4 aromatic carbocycles. The summed E-state index contributed by atoms with van der Waals surface area (Å²) in [6.07, 6.45) is 5.57. The molecule has 0 aromatic heterocycles. The maximum atomic E-state index is 13.9. The number of rotatable bonds is 14. The molecule has 6 amide bonds. The third kappa shape index (κ3) is 12.0. The van der Waals surface area contributed by atoms with Crippen LogP contribution in [0.15, 0.2) is 94.7 Å². The highest BCUT2D eigenvalue weighted by atomic mass is 32.2. The summed E-state index contributed by atoms with van der Waals surface area (Å²) in [4.78, 5) is 114. The first-order chi connectivity index (χ1) is 34.5. The predicted molar refractivity (Wildman–Crippen MR) is 280 cm³/mol. The lowest BCUT2D eigenvalue weighted by molar-refractivity contribution is -0.387. The Morgan fingerprint density at radius 2 is 0.932 bits per heavy atom. The lowest BCUT2D eigenvalue weighted by Crippen LogP contribution is -2.60. The van der Waals surface area contributed by atoms with Gasteiger partial charge in [-0.1, -0.05) is 100 Å². The van der Waals surface area contributed by atoms with E-state index >= 15 is 0 Å². The van der Waals surface area contributed by atoms with Crippen LogP contribution in [0.2, 0.25) is 0 Å². The van der Waals surface area contributed by atoms with Crippen LogP contribution < -0.4 is 0 Å². The lowest BCUT2D eigenvalue weighted by atomic mass is 9.89. The number of amides is 6. The Morgan fingerprint density at radius 3 is 1.25 bits per heavy atom. The third-order valence-corrected chi connectivity index (χ3v) is 14.2. The molecule has 73 heavy (non-hydrogen) atoms. The molecule has 2 fully saturated rings. The number of likely N-dealkylation sites (N-methyl/N-ethyl adjacent to an activating group) is 2. The van der Waals surface area contributed by atoms with Gasteiger partial charge in [-0.2, -0.15) is 0 Å². The number of carbonyl (C=O) groups is 6. The number of piperazine rings is 2. The van der Waals surface area contributed by atoms with Gasteiger partial charge < -0.3 is 29.4 Å². The van der Waals surface area contributed by atoms with Gasteiger partial charge in [0.15, 0.2) is 0 Å². The minimum absolute atomic E-state index is 0.0506. The number of hydrogen-bond acceptors (Lipinski definition) is 11. The Labute approximate surface area is 429 Å². The molecule has 6 rings (SSSR count). The molecule has 384 valence electrons. The monoisotopic (exact) mass is 1010 g/mol. The number of benzene rings is 4. The Morgan fingerprint density at radius 1 is 0.575 bits per heavy atom. The zero-order valence-electron chi connectivity index (χ0n) is 42.9. The molecule has 2 unspecified atom stereocenters. The average Bonchev–Trinajstić information content (AvgIpc) is 3.35. The van der Waals surface area contributed by atoms with Gasteiger partial charge >= 0.3 is 0 Å². The maximum Gasteiger partial charge on any atom is 0.291 e. The fourth-order valence-corrected chi connectivity index (χ4v) is 10.4. The van der Waals surface area contributed by atoms with E-state index in [1.165, 1.54) is 79.7 Å². The first kappa shape index (κ1) is 54.7. The summed E-state index contributed by atoms with van der Waals surface area (Å²) in [5.74, 6) is -2.40. The Hall–Kier alpha value is -7.67. The smallest absolute Gasteiger partial charge is 0.291 e. The summed E-state index contributed by atoms with van der Waals surface area (Å²) in [5, 5.41) is 27.1. The topological polar surface area (TPSA) is 208 Å². The fourth-order valence-electron chi connectivity index (χ4n) is 9.39. The third-order valence-electron chi connectivity index (χ3n) is 13.1. The molecule has 4 aromatic rings. The molecule has 0 spiro atoms. The molecule has 0 aliphatic carbocycles. The van der Waals surface area contributed by atoms with Gasteiger partial charge in [-0.3, -0.25) is 49.0 Å². The van der Waals surface area contributed by atoms with Gasteiger partial charge in [0, 0.05) is 80.4 Å². The second-order valence-corrected chi connectivity index (χ2v) is 20.1. The zero-order chi connectivity index (χ0) is 53.6. The molecule has 18 nitrogen and oxygen atoms in total. The van der Waals surface area contributed by atoms with Crippen molar-refractivity contribution in [2.75, 3.05) is 67.5 Å². The van der Waals surface area contributed by atoms with Gasteiger partial charge in [-0.15, -0.1) is 0 Å². The summed E-state index contributed by atoms with van der Waals surface area (Å²) in [6, 6.07) is 18.9. The van der Waals surface area contributed by atoms with Crippen LogP contribution in [0.1, 0.15) is 75.6 Å². The maximum absolute atomic E-state index is 13.9. The summed E-state index contributed by atoms with van der Waals surface area (Å²) >= 11 is 0.853. The van der Waals surface area contributed by atoms with Crippen molar-refractivity contribution in [1.82, 2.24) is 29.4 Å². The quantitative estimate of drug-likeness (QED) is 0.0684. The second-order valence-electron chi connectivity index (χ2n) is 19.0. The number of nitro benzene ring substituents is 2. The Kier molecular flexibility index (Phi) is 17.4. The van der Waals surface area contributed by atoms with E-state index in [0.717, 1.165) is 22.9 Å². The Bertz CT molecular complexity index is 2720. The van der Waals surface area contributed by atoms with Crippen molar-refractivity contribution in [3.63, 3.8) is 0 Å². The highest BCUT2D eigenvalue weighted by Crippen LogP contribution is 2.50. The van der Waals surface area contributed by atoms with Crippen molar-refractivity contribution in [3.05, 3.63) is 127 Å². The van der Waals surface area contributed by atoms with Gasteiger partial charge in [-0.05, 0) is 69.5 Å². The van der Waals surface area contributed by atoms with Crippen LogP contribution in [0.4, 0.5) is 11.4 Å². The molecule has 2 saturated heterocycles. The molecule has 2 aliphatic heterocycles. The molecule has 0 N–H and O–H groups in total. The van der Waals surface area contributed by atoms with Gasteiger partial charge in [0.25, 0.3) is 11.4 Å². The highest BCUT2D eigenvalue weighted by molar-refractivity contribution is 7.99. The van der Waals surface area contributed by atoms with Crippen LogP contribution in [0.3, 0.4) is 0 Å². The van der Waals surface area contributed by atoms with E-state index in [9.17, 15) is 49.0 Å². The fraction of sp³-hybridized carbons (Fsp3) is 0.370. The van der Waals surface area contributed by atoms with Crippen LogP contribution in [0.25, 0.3) is 34.4 Å². The largest absolute Gasteiger partial charge is 0.347 e. The van der Waals surface area contributed by atoms with Crippen LogP contribution in [0.5, 0.6) is 0 Å². The van der Waals surface area contributed by atoms with Crippen molar-refractivity contribution >= 4 is 70.7 Å². The van der Waals surface area contributed by atoms with Gasteiger partial charge in [-0.25, -0.2) is 0 Å². The molecule has 0 saturated carbocycles. The van der Waals surface area contributed by atoms with E-state index in [-0.39, 0.29) is 107 Å². The first-order valence-electron chi connectivity index (χ1n) is 23.9. The number of nitrogens with zero attached hydrogens (tertiary/aromatic N) is 8. The zero-order valence-corrected chi connectivity index (χ0v) is 43.7. The van der Waals surface area contributed by atoms with Gasteiger partial charge in [0.05, 0.1) is 43.9 Å². The van der Waals surface area contributed by atoms with E-state index in [2.05, 4.69) is 0 Å². The molecule has 0 radical (unpaired) electrons. The highest BCUT2D eigenvalue weighted by Gasteiger charge is 2.38. The molecule has 2 atom stereocenters. The minimum Gasteiger partial charge on any atom is -0.347 e. The van der Waals surface area contributed by atoms with E-state index in [4.69, 9.17) is 0 Å². The van der Waals surface area contributed by atoms with Crippen molar-refractivity contribution in [3.8, 4) is 22.3 Å². The van der Waals surface area contributed by atoms with Crippen molar-refractivity contribution in [2.24, 2.45) is 0 Å². The molecular formula is C54H62N8O10S. The average molecular weight is 1020 g/mol. The van der Waals surface area contributed by atoms with Crippen LogP contribution in [0, 0.1) is 20.2 Å². The van der Waals surface area contributed by atoms with Crippen LogP contribution in [-0.4, -0.2) is 154 Å². The second kappa shape index (κ2) is 23.3. The number of hydrogen-bond donors (Lipinski definition) is 0. The van der Waals surface area contributed by atoms with Crippen LogP contribution in [-0.2, 0) is 28.8 Å². The standard InChI is InChI=1S/C54H62N8O10S/c1-33(2)39-15-11-13-17-41(39)49-37(21-25-47(65)57-27-29-59(35(5)63)43(31-57)53(67)55(7)8)19-23-45(51(49)61(69)70)73-46-24-20-38(50(52(46)62(71)72)42-18-14-12-16-40(42)34(3)4)22-26-48(66)58-28-30-60(36(6)64)44(32-58)54(68)56(9)10/h11-26,33-34,43-44H,27-32H2,1-10H3/b25-21+,26-22+. The van der Waals surface area contributed by atoms with Crippen molar-refractivity contribution in [1.29, 1.82) is 0 Å².